The van der Waals surface area contributed by atoms with Crippen molar-refractivity contribution in [2.24, 2.45) is 11.7 Å². The van der Waals surface area contributed by atoms with E-state index in [1.807, 2.05) is 0 Å². The molecule has 4 heteroatoms. The quantitative estimate of drug-likeness (QED) is 0.851. The lowest BCUT2D eigenvalue weighted by atomic mass is 9.91. The molecule has 1 aliphatic rings. The van der Waals surface area contributed by atoms with E-state index >= 15 is 0 Å². The molecule has 0 aliphatic carbocycles. The Morgan fingerprint density at radius 2 is 2.15 bits per heavy atom. The third kappa shape index (κ3) is 3.81. The molecule has 110 valence electrons. The summed E-state index contributed by atoms with van der Waals surface area (Å²) in [7, 11) is 1.40. The molecule has 0 saturated carbocycles. The van der Waals surface area contributed by atoms with Gasteiger partial charge in [0.15, 0.2) is 0 Å². The van der Waals surface area contributed by atoms with Crippen LogP contribution in [0.2, 0.25) is 0 Å². The SMILES string of the molecule is COC(=O)C(N)C1CCCN(Cc2ccc(C)cc2)C1. The Bertz CT molecular complexity index is 444. The zero-order valence-electron chi connectivity index (χ0n) is 12.3. The van der Waals surface area contributed by atoms with Gasteiger partial charge in [0.25, 0.3) is 0 Å². The third-order valence-electron chi connectivity index (χ3n) is 4.05. The second kappa shape index (κ2) is 6.86. The second-order valence-corrected chi connectivity index (χ2v) is 5.67. The molecular weight excluding hydrogens is 252 g/mol. The van der Waals surface area contributed by atoms with Crippen molar-refractivity contribution in [2.45, 2.75) is 32.4 Å². The number of piperidine rings is 1. The number of methoxy groups -OCH3 is 1. The Morgan fingerprint density at radius 3 is 2.80 bits per heavy atom. The minimum absolute atomic E-state index is 0.196. The first-order valence-corrected chi connectivity index (χ1v) is 7.21. The van der Waals surface area contributed by atoms with Gasteiger partial charge in [0.1, 0.15) is 6.04 Å². The molecule has 1 aromatic carbocycles. The van der Waals surface area contributed by atoms with Gasteiger partial charge in [0, 0.05) is 13.1 Å². The topological polar surface area (TPSA) is 55.6 Å². The average molecular weight is 276 g/mol. The molecule has 4 nitrogen and oxygen atoms in total. The van der Waals surface area contributed by atoms with E-state index in [-0.39, 0.29) is 11.9 Å². The lowest BCUT2D eigenvalue weighted by Gasteiger charge is -2.34. The summed E-state index contributed by atoms with van der Waals surface area (Å²) in [6, 6.07) is 8.10. The maximum atomic E-state index is 11.5. The Labute approximate surface area is 120 Å². The Kier molecular flexibility index (Phi) is 5.15. The Morgan fingerprint density at radius 1 is 1.45 bits per heavy atom. The third-order valence-corrected chi connectivity index (χ3v) is 4.05. The maximum absolute atomic E-state index is 11.5. The standard InChI is InChI=1S/C16H24N2O2/c1-12-5-7-13(8-6-12)10-18-9-3-4-14(11-18)15(17)16(19)20-2/h5-8,14-15H,3-4,9-11,17H2,1-2H3. The van der Waals surface area contributed by atoms with E-state index in [9.17, 15) is 4.79 Å². The summed E-state index contributed by atoms with van der Waals surface area (Å²) < 4.78 is 4.75. The van der Waals surface area contributed by atoms with Crippen molar-refractivity contribution in [2.75, 3.05) is 20.2 Å². The molecule has 20 heavy (non-hydrogen) atoms. The van der Waals surface area contributed by atoms with Crippen molar-refractivity contribution in [1.82, 2.24) is 4.90 Å². The van der Waals surface area contributed by atoms with E-state index in [1.165, 1.54) is 18.2 Å². The molecule has 2 N–H and O–H groups in total. The zero-order valence-corrected chi connectivity index (χ0v) is 12.3. The van der Waals surface area contributed by atoms with E-state index in [2.05, 4.69) is 36.1 Å². The van der Waals surface area contributed by atoms with Crippen molar-refractivity contribution in [3.63, 3.8) is 0 Å². The maximum Gasteiger partial charge on any atom is 0.322 e. The highest BCUT2D eigenvalue weighted by atomic mass is 16.5. The van der Waals surface area contributed by atoms with E-state index < -0.39 is 6.04 Å². The van der Waals surface area contributed by atoms with Crippen LogP contribution < -0.4 is 5.73 Å². The van der Waals surface area contributed by atoms with Crippen LogP contribution in [0.3, 0.4) is 0 Å². The van der Waals surface area contributed by atoms with Crippen LogP contribution in [0.5, 0.6) is 0 Å². The van der Waals surface area contributed by atoms with Crippen LogP contribution in [0.25, 0.3) is 0 Å². The predicted molar refractivity (Wildman–Crippen MR) is 79.2 cm³/mol. The van der Waals surface area contributed by atoms with Crippen LogP contribution in [0.4, 0.5) is 0 Å². The van der Waals surface area contributed by atoms with Crippen molar-refractivity contribution >= 4 is 5.97 Å². The van der Waals surface area contributed by atoms with E-state index in [4.69, 9.17) is 10.5 Å². The van der Waals surface area contributed by atoms with Crippen molar-refractivity contribution in [1.29, 1.82) is 0 Å². The van der Waals surface area contributed by atoms with E-state index in [0.717, 1.165) is 32.5 Å². The molecule has 2 unspecified atom stereocenters. The average Bonchev–Trinajstić information content (AvgIpc) is 2.48. The smallest absolute Gasteiger partial charge is 0.322 e. The molecule has 0 amide bonds. The molecule has 1 aliphatic heterocycles. The molecule has 1 aromatic rings. The fourth-order valence-electron chi connectivity index (χ4n) is 2.81. The van der Waals surface area contributed by atoms with Gasteiger partial charge in [-0.3, -0.25) is 9.69 Å². The number of hydrogen-bond acceptors (Lipinski definition) is 4. The van der Waals surface area contributed by atoms with Gasteiger partial charge in [0.05, 0.1) is 7.11 Å². The molecule has 1 saturated heterocycles. The van der Waals surface area contributed by atoms with Gasteiger partial charge in [-0.1, -0.05) is 29.8 Å². The van der Waals surface area contributed by atoms with Crippen LogP contribution in [-0.2, 0) is 16.1 Å². The molecule has 0 bridgehead atoms. The summed E-state index contributed by atoms with van der Waals surface area (Å²) in [4.78, 5) is 13.9. The molecule has 2 rings (SSSR count). The van der Waals surface area contributed by atoms with Gasteiger partial charge in [-0.2, -0.15) is 0 Å². The molecule has 0 spiro atoms. The van der Waals surface area contributed by atoms with E-state index in [1.54, 1.807) is 0 Å². The predicted octanol–water partition coefficient (Wildman–Crippen LogP) is 1.71. The molecule has 2 atom stereocenters. The first-order chi connectivity index (χ1) is 9.60. The zero-order chi connectivity index (χ0) is 14.5. The highest BCUT2D eigenvalue weighted by molar-refractivity contribution is 5.75. The van der Waals surface area contributed by atoms with Crippen LogP contribution in [-0.4, -0.2) is 37.1 Å². The van der Waals surface area contributed by atoms with Crippen LogP contribution in [0, 0.1) is 12.8 Å². The van der Waals surface area contributed by atoms with Gasteiger partial charge in [-0.05, 0) is 37.8 Å². The highest BCUT2D eigenvalue weighted by Crippen LogP contribution is 2.21. The number of carbonyl (C=O) groups excluding carboxylic acids is 1. The number of nitrogens with two attached hydrogens (primary N) is 1. The van der Waals surface area contributed by atoms with Crippen LogP contribution in [0.1, 0.15) is 24.0 Å². The minimum atomic E-state index is -0.499. The summed E-state index contributed by atoms with van der Waals surface area (Å²) in [5.74, 6) is -0.103. The monoisotopic (exact) mass is 276 g/mol. The lowest BCUT2D eigenvalue weighted by Crippen LogP contribution is -2.47. The molecule has 1 fully saturated rings. The number of rotatable bonds is 4. The number of benzene rings is 1. The highest BCUT2D eigenvalue weighted by Gasteiger charge is 2.29. The molecule has 0 radical (unpaired) electrons. The fourth-order valence-corrected chi connectivity index (χ4v) is 2.81. The number of esters is 1. The normalized spacial score (nSPS) is 21.4. The van der Waals surface area contributed by atoms with Crippen LogP contribution in [0.15, 0.2) is 24.3 Å². The molecular formula is C16H24N2O2. The number of hydrogen-bond donors (Lipinski definition) is 1. The largest absolute Gasteiger partial charge is 0.468 e. The van der Waals surface area contributed by atoms with Gasteiger partial charge in [0.2, 0.25) is 0 Å². The minimum Gasteiger partial charge on any atom is -0.468 e. The summed E-state index contributed by atoms with van der Waals surface area (Å²) in [5.41, 5.74) is 8.56. The first-order valence-electron chi connectivity index (χ1n) is 7.21. The summed E-state index contributed by atoms with van der Waals surface area (Å²) in [6.07, 6.45) is 2.09. The van der Waals surface area contributed by atoms with Gasteiger partial charge in [-0.25, -0.2) is 0 Å². The molecule has 1 heterocycles. The second-order valence-electron chi connectivity index (χ2n) is 5.67. The summed E-state index contributed by atoms with van der Waals surface area (Å²) in [6.45, 7) is 4.95. The summed E-state index contributed by atoms with van der Waals surface area (Å²) >= 11 is 0. The first kappa shape index (κ1) is 15.0. The lowest BCUT2D eigenvalue weighted by molar-refractivity contribution is -0.144. The Balaban J connectivity index is 1.93. The van der Waals surface area contributed by atoms with E-state index in [0.29, 0.717) is 0 Å². The van der Waals surface area contributed by atoms with Crippen LogP contribution >= 0.6 is 0 Å². The fraction of sp³-hybridized carbons (Fsp3) is 0.562. The number of ether oxygens (including phenoxy) is 1. The van der Waals surface area contributed by atoms with Gasteiger partial charge < -0.3 is 10.5 Å². The number of nitrogens with zero attached hydrogens (tertiary/aromatic N) is 1. The number of carbonyl (C=O) groups is 1. The van der Waals surface area contributed by atoms with Crippen molar-refractivity contribution < 1.29 is 9.53 Å². The number of likely N-dealkylation sites (tertiary alicyclic amines) is 1. The Hall–Kier alpha value is -1.39. The van der Waals surface area contributed by atoms with Crippen molar-refractivity contribution in [3.05, 3.63) is 35.4 Å². The van der Waals surface area contributed by atoms with Gasteiger partial charge >= 0.3 is 5.97 Å². The van der Waals surface area contributed by atoms with Gasteiger partial charge in [-0.15, -0.1) is 0 Å². The number of aryl methyl sites for hydroxylation is 1. The summed E-state index contributed by atoms with van der Waals surface area (Å²) in [5, 5.41) is 0. The van der Waals surface area contributed by atoms with Crippen molar-refractivity contribution in [3.8, 4) is 0 Å². The molecule has 0 aromatic heterocycles.